The van der Waals surface area contributed by atoms with E-state index in [0.29, 0.717) is 12.3 Å². The van der Waals surface area contributed by atoms with Crippen LogP contribution in [0.25, 0.3) is 0 Å². The van der Waals surface area contributed by atoms with Crippen molar-refractivity contribution in [2.45, 2.75) is 46.3 Å². The molecule has 1 atom stereocenters. The zero-order chi connectivity index (χ0) is 12.9. The van der Waals surface area contributed by atoms with Crippen LogP contribution >= 0.6 is 0 Å². The van der Waals surface area contributed by atoms with Gasteiger partial charge in [0.2, 0.25) is 0 Å². The topological polar surface area (TPSA) is 50.1 Å². The molecule has 1 unspecified atom stereocenters. The average Bonchev–Trinajstić information content (AvgIpc) is 2.73. The van der Waals surface area contributed by atoms with E-state index >= 15 is 0 Å². The monoisotopic (exact) mass is 239 g/mol. The van der Waals surface area contributed by atoms with Crippen LogP contribution in [0.1, 0.15) is 39.9 Å². The van der Waals surface area contributed by atoms with Gasteiger partial charge in [0.15, 0.2) is 0 Å². The Morgan fingerprint density at radius 3 is 2.82 bits per heavy atom. The van der Waals surface area contributed by atoms with Gasteiger partial charge in [0.25, 0.3) is 0 Å². The van der Waals surface area contributed by atoms with Gasteiger partial charge in [0, 0.05) is 18.9 Å². The molecule has 0 fully saturated rings. The predicted molar refractivity (Wildman–Crippen MR) is 69.8 cm³/mol. The summed E-state index contributed by atoms with van der Waals surface area (Å²) in [5.74, 6) is 1.39. The van der Waals surface area contributed by atoms with E-state index in [1.165, 1.54) is 0 Å². The normalized spacial score (nSPS) is 15.2. The number of hydrogen-bond acceptors (Lipinski definition) is 3. The Bertz CT molecular complexity index is 331. The maximum absolute atomic E-state index is 10.4. The highest BCUT2D eigenvalue weighted by atomic mass is 16.3. The van der Waals surface area contributed by atoms with Crippen LogP contribution in [-0.4, -0.2) is 27.7 Å². The van der Waals surface area contributed by atoms with Gasteiger partial charge in [-0.2, -0.15) is 0 Å². The zero-order valence-electron chi connectivity index (χ0n) is 11.4. The average molecular weight is 239 g/mol. The lowest BCUT2D eigenvalue weighted by Gasteiger charge is -2.24. The Morgan fingerprint density at radius 1 is 1.53 bits per heavy atom. The fourth-order valence-electron chi connectivity index (χ4n) is 1.87. The van der Waals surface area contributed by atoms with Crippen LogP contribution < -0.4 is 5.32 Å². The van der Waals surface area contributed by atoms with Crippen LogP contribution in [0.3, 0.4) is 0 Å². The second-order valence-corrected chi connectivity index (χ2v) is 5.16. The molecule has 98 valence electrons. The van der Waals surface area contributed by atoms with E-state index in [1.807, 2.05) is 17.7 Å². The van der Waals surface area contributed by atoms with Gasteiger partial charge in [0.1, 0.15) is 11.4 Å². The molecular weight excluding hydrogens is 214 g/mol. The van der Waals surface area contributed by atoms with Gasteiger partial charge in [-0.3, -0.25) is 0 Å². The Hall–Kier alpha value is -0.870. The van der Waals surface area contributed by atoms with E-state index in [9.17, 15) is 5.11 Å². The fraction of sp³-hybridized carbons (Fsp3) is 0.769. The van der Waals surface area contributed by atoms with E-state index in [2.05, 4.69) is 31.1 Å². The maximum Gasteiger partial charge on any atom is 0.140 e. The lowest BCUT2D eigenvalue weighted by molar-refractivity contribution is 0.0351. The van der Waals surface area contributed by atoms with Crippen molar-refractivity contribution in [3.05, 3.63) is 18.2 Å². The third-order valence-electron chi connectivity index (χ3n) is 2.88. The van der Waals surface area contributed by atoms with Gasteiger partial charge < -0.3 is 15.0 Å². The van der Waals surface area contributed by atoms with Gasteiger partial charge in [0.05, 0.1) is 0 Å². The molecule has 0 aliphatic heterocycles. The Balaban J connectivity index is 2.50. The molecule has 0 saturated carbocycles. The number of imidazole rings is 1. The molecule has 0 amide bonds. The van der Waals surface area contributed by atoms with Crippen molar-refractivity contribution < 1.29 is 5.11 Å². The minimum Gasteiger partial charge on any atom is -0.382 e. The van der Waals surface area contributed by atoms with Crippen molar-refractivity contribution in [2.75, 3.05) is 13.1 Å². The number of aryl methyl sites for hydroxylation is 1. The summed E-state index contributed by atoms with van der Waals surface area (Å²) in [6, 6.07) is 0. The quantitative estimate of drug-likeness (QED) is 0.713. The van der Waals surface area contributed by atoms with Crippen LogP contribution in [0.2, 0.25) is 0 Å². The molecule has 1 rings (SSSR count). The molecule has 4 heteroatoms. The minimum absolute atomic E-state index is 0.637. The number of rotatable bonds is 7. The first-order valence-electron chi connectivity index (χ1n) is 6.42. The summed E-state index contributed by atoms with van der Waals surface area (Å²) in [7, 11) is 0. The van der Waals surface area contributed by atoms with E-state index in [4.69, 9.17) is 0 Å². The molecule has 0 aromatic carbocycles. The number of hydrogen-bond donors (Lipinski definition) is 2. The van der Waals surface area contributed by atoms with Gasteiger partial charge in [-0.05, 0) is 39.3 Å². The Labute approximate surface area is 104 Å². The highest BCUT2D eigenvalue weighted by Gasteiger charge is 2.27. The zero-order valence-corrected chi connectivity index (χ0v) is 11.4. The molecule has 4 nitrogen and oxygen atoms in total. The maximum atomic E-state index is 10.4. The summed E-state index contributed by atoms with van der Waals surface area (Å²) in [5, 5.41) is 13.8. The largest absolute Gasteiger partial charge is 0.382 e. The van der Waals surface area contributed by atoms with Crippen molar-refractivity contribution in [2.24, 2.45) is 5.92 Å². The lowest BCUT2D eigenvalue weighted by Crippen LogP contribution is -2.32. The summed E-state index contributed by atoms with van der Waals surface area (Å²) in [5.41, 5.74) is -0.858. The molecule has 1 aromatic rings. The first kappa shape index (κ1) is 14.2. The summed E-state index contributed by atoms with van der Waals surface area (Å²) < 4.78 is 1.99. The standard InChI is InChI=1S/C13H25N3O/c1-5-16-9-8-15-12(16)13(4,17)6-7-14-10-11(2)3/h8-9,11,14,17H,5-7,10H2,1-4H3. The number of aromatic nitrogens is 2. The third-order valence-corrected chi connectivity index (χ3v) is 2.88. The number of aliphatic hydroxyl groups is 1. The van der Waals surface area contributed by atoms with Crippen LogP contribution in [0.15, 0.2) is 12.4 Å². The van der Waals surface area contributed by atoms with Crippen molar-refractivity contribution >= 4 is 0 Å². The smallest absolute Gasteiger partial charge is 0.140 e. The molecule has 17 heavy (non-hydrogen) atoms. The summed E-state index contributed by atoms with van der Waals surface area (Å²) in [6.45, 7) is 10.9. The Kier molecular flexibility index (Phi) is 5.15. The predicted octanol–water partition coefficient (Wildman–Crippen LogP) is 1.75. The number of nitrogens with one attached hydrogen (secondary N) is 1. The molecule has 0 spiro atoms. The van der Waals surface area contributed by atoms with Gasteiger partial charge in [-0.15, -0.1) is 0 Å². The second-order valence-electron chi connectivity index (χ2n) is 5.16. The molecular formula is C13H25N3O. The van der Waals surface area contributed by atoms with Crippen molar-refractivity contribution in [3.63, 3.8) is 0 Å². The summed E-state index contributed by atoms with van der Waals surface area (Å²) in [4.78, 5) is 4.26. The van der Waals surface area contributed by atoms with Crippen LogP contribution in [0, 0.1) is 5.92 Å². The number of nitrogens with zero attached hydrogens (tertiary/aromatic N) is 2. The molecule has 0 aliphatic carbocycles. The first-order valence-corrected chi connectivity index (χ1v) is 6.42. The third kappa shape index (κ3) is 4.13. The molecule has 1 heterocycles. The van der Waals surface area contributed by atoms with E-state index in [-0.39, 0.29) is 0 Å². The molecule has 0 bridgehead atoms. The van der Waals surface area contributed by atoms with E-state index < -0.39 is 5.60 Å². The fourth-order valence-corrected chi connectivity index (χ4v) is 1.87. The molecule has 0 radical (unpaired) electrons. The molecule has 1 aromatic heterocycles. The van der Waals surface area contributed by atoms with Gasteiger partial charge in [-0.25, -0.2) is 4.98 Å². The van der Waals surface area contributed by atoms with Crippen molar-refractivity contribution in [3.8, 4) is 0 Å². The molecule has 0 aliphatic rings. The van der Waals surface area contributed by atoms with Crippen LogP contribution in [0.5, 0.6) is 0 Å². The van der Waals surface area contributed by atoms with E-state index in [0.717, 1.165) is 25.5 Å². The molecule has 2 N–H and O–H groups in total. The first-order chi connectivity index (χ1) is 7.97. The highest BCUT2D eigenvalue weighted by molar-refractivity contribution is 5.03. The summed E-state index contributed by atoms with van der Waals surface area (Å²) in [6.07, 6.45) is 4.33. The second kappa shape index (κ2) is 6.17. The van der Waals surface area contributed by atoms with Crippen molar-refractivity contribution in [1.82, 2.24) is 14.9 Å². The lowest BCUT2D eigenvalue weighted by atomic mass is 10.0. The molecule has 0 saturated heterocycles. The van der Waals surface area contributed by atoms with Gasteiger partial charge >= 0.3 is 0 Å². The van der Waals surface area contributed by atoms with Crippen LogP contribution in [-0.2, 0) is 12.1 Å². The van der Waals surface area contributed by atoms with Gasteiger partial charge in [-0.1, -0.05) is 13.8 Å². The SMILES string of the molecule is CCn1ccnc1C(C)(O)CCNCC(C)C. The van der Waals surface area contributed by atoms with Crippen molar-refractivity contribution in [1.29, 1.82) is 0 Å². The minimum atomic E-state index is -0.858. The summed E-state index contributed by atoms with van der Waals surface area (Å²) >= 11 is 0. The van der Waals surface area contributed by atoms with E-state index in [1.54, 1.807) is 6.20 Å². The Morgan fingerprint density at radius 2 is 2.24 bits per heavy atom. The highest BCUT2D eigenvalue weighted by Crippen LogP contribution is 2.22. The van der Waals surface area contributed by atoms with Crippen LogP contribution in [0.4, 0.5) is 0 Å².